The Hall–Kier alpha value is -1.81. The van der Waals surface area contributed by atoms with E-state index in [1.807, 2.05) is 23.9 Å². The molecule has 22 heavy (non-hydrogen) atoms. The molecule has 0 N–H and O–H groups in total. The highest BCUT2D eigenvalue weighted by Gasteiger charge is 2.37. The van der Waals surface area contributed by atoms with E-state index in [9.17, 15) is 0 Å². The standard InChI is InChI=1S/C18H21N3S/c1-14(2)18(22-3,13-15-9-5-4-6-10-15)21-17-12-8-7-11-16(17)19-20-21/h4-12,14H,13H2,1-3H3. The maximum atomic E-state index is 4.50. The van der Waals surface area contributed by atoms with E-state index in [4.69, 9.17) is 0 Å². The van der Waals surface area contributed by atoms with Crippen molar-refractivity contribution in [1.29, 1.82) is 0 Å². The number of rotatable bonds is 5. The number of hydrogen-bond acceptors (Lipinski definition) is 3. The lowest BCUT2D eigenvalue weighted by atomic mass is 9.95. The van der Waals surface area contributed by atoms with Crippen LogP contribution in [-0.4, -0.2) is 21.2 Å². The summed E-state index contributed by atoms with van der Waals surface area (Å²) in [6, 6.07) is 18.8. The van der Waals surface area contributed by atoms with Gasteiger partial charge in [0.05, 0.1) is 5.52 Å². The largest absolute Gasteiger partial charge is 0.228 e. The van der Waals surface area contributed by atoms with E-state index in [1.54, 1.807) is 0 Å². The Morgan fingerprint density at radius 3 is 2.41 bits per heavy atom. The number of para-hydroxylation sites is 1. The molecular weight excluding hydrogens is 290 g/mol. The maximum absolute atomic E-state index is 4.50. The van der Waals surface area contributed by atoms with Crippen molar-refractivity contribution in [3.63, 3.8) is 0 Å². The van der Waals surface area contributed by atoms with E-state index >= 15 is 0 Å². The number of thioether (sulfide) groups is 1. The Morgan fingerprint density at radius 1 is 1.05 bits per heavy atom. The molecule has 0 saturated carbocycles. The fraction of sp³-hybridized carbons (Fsp3) is 0.333. The van der Waals surface area contributed by atoms with Gasteiger partial charge in [-0.3, -0.25) is 0 Å². The summed E-state index contributed by atoms with van der Waals surface area (Å²) in [6.07, 6.45) is 3.10. The number of aromatic nitrogens is 3. The molecule has 3 aromatic rings. The first kappa shape index (κ1) is 15.1. The minimum absolute atomic E-state index is 0.141. The first-order valence-electron chi connectivity index (χ1n) is 7.57. The van der Waals surface area contributed by atoms with Crippen LogP contribution in [0.1, 0.15) is 19.4 Å². The van der Waals surface area contributed by atoms with Crippen molar-refractivity contribution in [3.05, 3.63) is 60.2 Å². The highest BCUT2D eigenvalue weighted by molar-refractivity contribution is 7.99. The highest BCUT2D eigenvalue weighted by Crippen LogP contribution is 2.41. The molecule has 2 aromatic carbocycles. The predicted molar refractivity (Wildman–Crippen MR) is 94.0 cm³/mol. The van der Waals surface area contributed by atoms with Gasteiger partial charge in [-0.25, -0.2) is 4.68 Å². The Balaban J connectivity index is 2.13. The van der Waals surface area contributed by atoms with Crippen LogP contribution < -0.4 is 0 Å². The molecule has 4 heteroatoms. The fourth-order valence-corrected chi connectivity index (χ4v) is 4.04. The Labute approximate surface area is 135 Å². The summed E-state index contributed by atoms with van der Waals surface area (Å²) in [5.74, 6) is 0.424. The maximum Gasteiger partial charge on any atom is 0.116 e. The molecular formula is C18H21N3S. The third kappa shape index (κ3) is 2.52. The lowest BCUT2D eigenvalue weighted by Gasteiger charge is -2.36. The lowest BCUT2D eigenvalue weighted by Crippen LogP contribution is -2.38. The molecule has 3 rings (SSSR count). The van der Waals surface area contributed by atoms with Crippen molar-refractivity contribution < 1.29 is 0 Å². The third-order valence-electron chi connectivity index (χ3n) is 4.27. The predicted octanol–water partition coefficient (Wildman–Crippen LogP) is 4.35. The first-order valence-corrected chi connectivity index (χ1v) is 8.80. The smallest absolute Gasteiger partial charge is 0.116 e. The summed E-state index contributed by atoms with van der Waals surface area (Å²) < 4.78 is 2.12. The Morgan fingerprint density at radius 2 is 1.73 bits per heavy atom. The van der Waals surface area contributed by atoms with Crippen LogP contribution in [0.15, 0.2) is 54.6 Å². The van der Waals surface area contributed by atoms with E-state index < -0.39 is 0 Å². The van der Waals surface area contributed by atoms with Crippen LogP contribution in [0.4, 0.5) is 0 Å². The van der Waals surface area contributed by atoms with E-state index in [-0.39, 0.29) is 4.87 Å². The van der Waals surface area contributed by atoms with E-state index in [0.29, 0.717) is 5.92 Å². The number of nitrogens with zero attached hydrogens (tertiary/aromatic N) is 3. The fourth-order valence-electron chi connectivity index (χ4n) is 2.95. The van der Waals surface area contributed by atoms with Crippen LogP contribution >= 0.6 is 11.8 Å². The van der Waals surface area contributed by atoms with E-state index in [0.717, 1.165) is 17.5 Å². The van der Waals surface area contributed by atoms with Crippen molar-refractivity contribution in [2.45, 2.75) is 25.1 Å². The van der Waals surface area contributed by atoms with Gasteiger partial charge in [0, 0.05) is 6.42 Å². The molecule has 1 heterocycles. The third-order valence-corrected chi connectivity index (χ3v) is 5.76. The molecule has 0 bridgehead atoms. The minimum Gasteiger partial charge on any atom is -0.228 e. The van der Waals surface area contributed by atoms with Gasteiger partial charge in [0.2, 0.25) is 0 Å². The molecule has 0 fully saturated rings. The molecule has 0 saturated heterocycles. The molecule has 0 aliphatic rings. The Bertz CT molecular complexity index is 751. The zero-order valence-corrected chi connectivity index (χ0v) is 14.0. The summed E-state index contributed by atoms with van der Waals surface area (Å²) in [4.78, 5) is -0.141. The zero-order chi connectivity index (χ0) is 15.6. The molecule has 0 amide bonds. The van der Waals surface area contributed by atoms with Gasteiger partial charge < -0.3 is 0 Å². The van der Waals surface area contributed by atoms with E-state index in [2.05, 4.69) is 77.6 Å². The summed E-state index contributed by atoms with van der Waals surface area (Å²) in [5.41, 5.74) is 3.38. The summed E-state index contributed by atoms with van der Waals surface area (Å²) in [7, 11) is 0. The van der Waals surface area contributed by atoms with Gasteiger partial charge in [-0.1, -0.05) is 61.5 Å². The molecule has 0 spiro atoms. The van der Waals surface area contributed by atoms with Gasteiger partial charge >= 0.3 is 0 Å². The second kappa shape index (κ2) is 6.13. The topological polar surface area (TPSA) is 30.7 Å². The first-order chi connectivity index (χ1) is 10.7. The molecule has 0 aliphatic heterocycles. The van der Waals surface area contributed by atoms with E-state index in [1.165, 1.54) is 5.56 Å². The van der Waals surface area contributed by atoms with Crippen LogP contribution in [0.5, 0.6) is 0 Å². The second-order valence-corrected chi connectivity index (χ2v) is 6.97. The highest BCUT2D eigenvalue weighted by atomic mass is 32.2. The molecule has 1 atom stereocenters. The molecule has 1 aromatic heterocycles. The summed E-state index contributed by atoms with van der Waals surface area (Å²) in [5, 5.41) is 8.86. The molecule has 1 unspecified atom stereocenters. The van der Waals surface area contributed by atoms with Gasteiger partial charge in [-0.2, -0.15) is 0 Å². The Kier molecular flexibility index (Phi) is 4.21. The lowest BCUT2D eigenvalue weighted by molar-refractivity contribution is 0.300. The SMILES string of the molecule is CSC(Cc1ccccc1)(C(C)C)n1nnc2ccccc21. The normalized spacial score (nSPS) is 14.4. The summed E-state index contributed by atoms with van der Waals surface area (Å²) in [6.45, 7) is 4.52. The monoisotopic (exact) mass is 311 g/mol. The van der Waals surface area contributed by atoms with Crippen LogP contribution in [-0.2, 0) is 11.3 Å². The van der Waals surface area contributed by atoms with Crippen molar-refractivity contribution >= 4 is 22.8 Å². The second-order valence-electron chi connectivity index (χ2n) is 5.86. The average molecular weight is 311 g/mol. The van der Waals surface area contributed by atoms with Crippen molar-refractivity contribution in [2.75, 3.05) is 6.26 Å². The van der Waals surface area contributed by atoms with Crippen LogP contribution in [0, 0.1) is 5.92 Å². The van der Waals surface area contributed by atoms with Crippen LogP contribution in [0.3, 0.4) is 0 Å². The number of benzene rings is 2. The van der Waals surface area contributed by atoms with Crippen molar-refractivity contribution in [3.8, 4) is 0 Å². The number of hydrogen-bond donors (Lipinski definition) is 0. The average Bonchev–Trinajstić information content (AvgIpc) is 2.98. The van der Waals surface area contributed by atoms with Crippen molar-refractivity contribution in [2.24, 2.45) is 5.92 Å². The molecule has 0 radical (unpaired) electrons. The molecule has 3 nitrogen and oxygen atoms in total. The van der Waals surface area contributed by atoms with Gasteiger partial charge in [0.1, 0.15) is 10.4 Å². The number of fused-ring (bicyclic) bond motifs is 1. The van der Waals surface area contributed by atoms with Gasteiger partial charge in [-0.15, -0.1) is 16.9 Å². The molecule has 0 aliphatic carbocycles. The van der Waals surface area contributed by atoms with Gasteiger partial charge in [0.25, 0.3) is 0 Å². The minimum atomic E-state index is -0.141. The summed E-state index contributed by atoms with van der Waals surface area (Å²) >= 11 is 1.85. The molecule has 114 valence electrons. The van der Waals surface area contributed by atoms with Crippen LogP contribution in [0.25, 0.3) is 11.0 Å². The van der Waals surface area contributed by atoms with Gasteiger partial charge in [-0.05, 0) is 29.9 Å². The van der Waals surface area contributed by atoms with Gasteiger partial charge in [0.15, 0.2) is 0 Å². The van der Waals surface area contributed by atoms with Crippen LogP contribution in [0.2, 0.25) is 0 Å². The van der Waals surface area contributed by atoms with Crippen molar-refractivity contribution in [1.82, 2.24) is 15.0 Å². The zero-order valence-electron chi connectivity index (χ0n) is 13.2. The quantitative estimate of drug-likeness (QED) is 0.702.